The molecule has 17 heavy (non-hydrogen) atoms. The monoisotopic (exact) mass is 230 g/mol. The Kier molecular flexibility index (Phi) is 3.25. The number of rotatable bonds is 3. The van der Waals surface area contributed by atoms with Crippen LogP contribution in [-0.2, 0) is 13.1 Å². The van der Waals surface area contributed by atoms with Crippen molar-refractivity contribution < 1.29 is 0 Å². The molecule has 0 amide bonds. The zero-order valence-corrected chi connectivity index (χ0v) is 11.2. The highest BCUT2D eigenvalue weighted by Crippen LogP contribution is 2.20. The van der Waals surface area contributed by atoms with E-state index in [1.807, 2.05) is 0 Å². The van der Waals surface area contributed by atoms with Gasteiger partial charge in [0.2, 0.25) is 0 Å². The summed E-state index contributed by atoms with van der Waals surface area (Å²) in [6, 6.07) is 10.9. The second-order valence-electron chi connectivity index (χ2n) is 5.54. The molecule has 0 aliphatic rings. The number of nitrogens with zero attached hydrogens (tertiary/aromatic N) is 1. The third kappa shape index (κ3) is 2.70. The predicted molar refractivity (Wildman–Crippen MR) is 74.2 cm³/mol. The van der Waals surface area contributed by atoms with Crippen molar-refractivity contribution in [2.75, 3.05) is 0 Å². The van der Waals surface area contributed by atoms with Crippen molar-refractivity contribution in [1.29, 1.82) is 0 Å². The van der Waals surface area contributed by atoms with Gasteiger partial charge in [0.05, 0.1) is 0 Å². The van der Waals surface area contributed by atoms with Crippen LogP contribution in [0, 0.1) is 0 Å². The van der Waals surface area contributed by atoms with Gasteiger partial charge in [0.25, 0.3) is 0 Å². The second kappa shape index (κ2) is 4.53. The maximum absolute atomic E-state index is 3.55. The average Bonchev–Trinajstić information content (AvgIpc) is 2.63. The molecule has 0 unspecified atom stereocenters. The number of hydrogen-bond acceptors (Lipinski definition) is 1. The standard InChI is InChI=1S/C15H22N2/c1-5-17-13(11-16-15(2,3)4)10-12-8-6-7-9-14(12)17/h6-10,16H,5,11H2,1-4H3. The first-order valence-corrected chi connectivity index (χ1v) is 6.33. The summed E-state index contributed by atoms with van der Waals surface area (Å²) in [6.45, 7) is 10.7. The van der Waals surface area contributed by atoms with Crippen LogP contribution >= 0.6 is 0 Å². The summed E-state index contributed by atoms with van der Waals surface area (Å²) in [5.41, 5.74) is 2.86. The predicted octanol–water partition coefficient (Wildman–Crippen LogP) is 3.55. The number of aryl methyl sites for hydroxylation is 1. The smallest absolute Gasteiger partial charge is 0.0482 e. The lowest BCUT2D eigenvalue weighted by Crippen LogP contribution is -2.35. The largest absolute Gasteiger partial charge is 0.344 e. The highest BCUT2D eigenvalue weighted by Gasteiger charge is 2.11. The Bertz CT molecular complexity index is 503. The summed E-state index contributed by atoms with van der Waals surface area (Å²) in [5.74, 6) is 0. The highest BCUT2D eigenvalue weighted by molar-refractivity contribution is 5.81. The first-order chi connectivity index (χ1) is 8.01. The molecular weight excluding hydrogens is 208 g/mol. The SMILES string of the molecule is CCn1c(CNC(C)(C)C)cc2ccccc21. The molecule has 1 aromatic heterocycles. The maximum Gasteiger partial charge on any atom is 0.0482 e. The third-order valence-corrected chi connectivity index (χ3v) is 3.01. The summed E-state index contributed by atoms with van der Waals surface area (Å²) in [5, 5.41) is 4.89. The molecular formula is C15H22N2. The van der Waals surface area contributed by atoms with Crippen molar-refractivity contribution in [3.05, 3.63) is 36.0 Å². The van der Waals surface area contributed by atoms with E-state index in [1.165, 1.54) is 16.6 Å². The molecule has 0 aliphatic heterocycles. The summed E-state index contributed by atoms with van der Waals surface area (Å²) in [4.78, 5) is 0. The van der Waals surface area contributed by atoms with E-state index in [-0.39, 0.29) is 5.54 Å². The van der Waals surface area contributed by atoms with E-state index in [2.05, 4.69) is 67.9 Å². The Hall–Kier alpha value is -1.28. The van der Waals surface area contributed by atoms with Crippen LogP contribution < -0.4 is 5.32 Å². The lowest BCUT2D eigenvalue weighted by atomic mass is 10.1. The van der Waals surface area contributed by atoms with Crippen LogP contribution in [0.4, 0.5) is 0 Å². The van der Waals surface area contributed by atoms with Crippen LogP contribution in [0.1, 0.15) is 33.4 Å². The molecule has 2 heteroatoms. The fraction of sp³-hybridized carbons (Fsp3) is 0.467. The van der Waals surface area contributed by atoms with Gasteiger partial charge in [0, 0.05) is 29.8 Å². The van der Waals surface area contributed by atoms with Crippen LogP contribution in [0.5, 0.6) is 0 Å². The molecule has 1 N–H and O–H groups in total. The van der Waals surface area contributed by atoms with Crippen molar-refractivity contribution >= 4 is 10.9 Å². The molecule has 2 nitrogen and oxygen atoms in total. The van der Waals surface area contributed by atoms with E-state index in [4.69, 9.17) is 0 Å². The Balaban J connectivity index is 2.33. The molecule has 0 aliphatic carbocycles. The minimum Gasteiger partial charge on any atom is -0.344 e. The van der Waals surface area contributed by atoms with E-state index in [0.717, 1.165) is 13.1 Å². The molecule has 0 radical (unpaired) electrons. The molecule has 1 aromatic carbocycles. The van der Waals surface area contributed by atoms with Crippen molar-refractivity contribution in [2.45, 2.75) is 46.3 Å². The van der Waals surface area contributed by atoms with E-state index >= 15 is 0 Å². The maximum atomic E-state index is 3.55. The van der Waals surface area contributed by atoms with Crippen LogP contribution in [0.15, 0.2) is 30.3 Å². The number of hydrogen-bond donors (Lipinski definition) is 1. The van der Waals surface area contributed by atoms with Crippen molar-refractivity contribution in [3.63, 3.8) is 0 Å². The molecule has 2 rings (SSSR count). The molecule has 0 spiro atoms. The minimum absolute atomic E-state index is 0.162. The molecule has 0 bridgehead atoms. The van der Waals surface area contributed by atoms with E-state index in [1.54, 1.807) is 0 Å². The lowest BCUT2D eigenvalue weighted by Gasteiger charge is -2.21. The number of para-hydroxylation sites is 1. The highest BCUT2D eigenvalue weighted by atomic mass is 15.0. The van der Waals surface area contributed by atoms with Crippen LogP contribution in [-0.4, -0.2) is 10.1 Å². The Morgan fingerprint density at radius 2 is 1.88 bits per heavy atom. The lowest BCUT2D eigenvalue weighted by molar-refractivity contribution is 0.417. The molecule has 1 heterocycles. The normalized spacial score (nSPS) is 12.2. The van der Waals surface area contributed by atoms with Crippen LogP contribution in [0.2, 0.25) is 0 Å². The van der Waals surface area contributed by atoms with Gasteiger partial charge in [-0.1, -0.05) is 18.2 Å². The molecule has 0 fully saturated rings. The van der Waals surface area contributed by atoms with Gasteiger partial charge in [-0.2, -0.15) is 0 Å². The van der Waals surface area contributed by atoms with Crippen molar-refractivity contribution in [2.24, 2.45) is 0 Å². The summed E-state index contributed by atoms with van der Waals surface area (Å²) >= 11 is 0. The Labute approximate surface area is 104 Å². The van der Waals surface area contributed by atoms with Gasteiger partial charge in [-0.25, -0.2) is 0 Å². The summed E-state index contributed by atoms with van der Waals surface area (Å²) in [6.07, 6.45) is 0. The first-order valence-electron chi connectivity index (χ1n) is 6.33. The molecule has 2 aromatic rings. The van der Waals surface area contributed by atoms with Crippen molar-refractivity contribution in [3.8, 4) is 0 Å². The van der Waals surface area contributed by atoms with Crippen molar-refractivity contribution in [1.82, 2.24) is 9.88 Å². The van der Waals surface area contributed by atoms with Gasteiger partial charge in [0.15, 0.2) is 0 Å². The summed E-state index contributed by atoms with van der Waals surface area (Å²) in [7, 11) is 0. The molecule has 0 atom stereocenters. The van der Waals surface area contributed by atoms with Crippen LogP contribution in [0.3, 0.4) is 0 Å². The zero-order valence-electron chi connectivity index (χ0n) is 11.2. The number of benzene rings is 1. The summed E-state index contributed by atoms with van der Waals surface area (Å²) < 4.78 is 2.38. The van der Waals surface area contributed by atoms with E-state index in [0.29, 0.717) is 0 Å². The van der Waals surface area contributed by atoms with Gasteiger partial charge in [-0.05, 0) is 45.2 Å². The Morgan fingerprint density at radius 3 is 2.53 bits per heavy atom. The van der Waals surface area contributed by atoms with Gasteiger partial charge < -0.3 is 9.88 Å². The van der Waals surface area contributed by atoms with Gasteiger partial charge in [-0.3, -0.25) is 0 Å². The minimum atomic E-state index is 0.162. The third-order valence-electron chi connectivity index (χ3n) is 3.01. The number of fused-ring (bicyclic) bond motifs is 1. The average molecular weight is 230 g/mol. The van der Waals surface area contributed by atoms with Crippen LogP contribution in [0.25, 0.3) is 10.9 Å². The molecule has 0 saturated carbocycles. The fourth-order valence-corrected chi connectivity index (χ4v) is 2.14. The van der Waals surface area contributed by atoms with Gasteiger partial charge >= 0.3 is 0 Å². The Morgan fingerprint density at radius 1 is 1.18 bits per heavy atom. The quantitative estimate of drug-likeness (QED) is 0.853. The van der Waals surface area contributed by atoms with Gasteiger partial charge in [-0.15, -0.1) is 0 Å². The number of nitrogens with one attached hydrogen (secondary N) is 1. The topological polar surface area (TPSA) is 17.0 Å². The van der Waals surface area contributed by atoms with E-state index < -0.39 is 0 Å². The molecule has 0 saturated heterocycles. The molecule has 92 valence electrons. The fourth-order valence-electron chi connectivity index (χ4n) is 2.14. The zero-order chi connectivity index (χ0) is 12.5. The first kappa shape index (κ1) is 12.2. The second-order valence-corrected chi connectivity index (χ2v) is 5.54. The van der Waals surface area contributed by atoms with Gasteiger partial charge in [0.1, 0.15) is 0 Å². The number of aromatic nitrogens is 1. The van der Waals surface area contributed by atoms with E-state index in [9.17, 15) is 0 Å².